The first-order chi connectivity index (χ1) is 5.68. The topological polar surface area (TPSA) is 12.4 Å². The summed E-state index contributed by atoms with van der Waals surface area (Å²) < 4.78 is 0. The van der Waals surface area contributed by atoms with Gasteiger partial charge in [-0.2, -0.15) is 0 Å². The van der Waals surface area contributed by atoms with Crippen LogP contribution in [0.3, 0.4) is 0 Å². The van der Waals surface area contributed by atoms with Crippen LogP contribution in [-0.4, -0.2) is 11.8 Å². The Balaban J connectivity index is 2.47. The zero-order valence-electron chi connectivity index (χ0n) is 8.43. The van der Waals surface area contributed by atoms with Crippen LogP contribution in [0.5, 0.6) is 0 Å². The second kappa shape index (κ2) is 4.44. The minimum absolute atomic E-state index is 0.587. The molecular formula is C11H19N. The van der Waals surface area contributed by atoms with Crippen molar-refractivity contribution in [1.29, 1.82) is 0 Å². The Bertz CT molecular complexity index is 197. The van der Waals surface area contributed by atoms with Crippen molar-refractivity contribution in [2.75, 3.05) is 0 Å². The monoisotopic (exact) mass is 165 g/mol. The highest BCUT2D eigenvalue weighted by molar-refractivity contribution is 5.79. The summed E-state index contributed by atoms with van der Waals surface area (Å²) in [5.41, 5.74) is 2.76. The molecule has 1 rings (SSSR count). The number of aliphatic imine (C=N–C) groups is 1. The number of nitrogens with zero attached hydrogens (tertiary/aromatic N) is 1. The van der Waals surface area contributed by atoms with Crippen LogP contribution in [0.2, 0.25) is 0 Å². The van der Waals surface area contributed by atoms with Gasteiger partial charge in [-0.05, 0) is 46.5 Å². The Morgan fingerprint density at radius 1 is 1.42 bits per heavy atom. The van der Waals surface area contributed by atoms with E-state index in [9.17, 15) is 0 Å². The van der Waals surface area contributed by atoms with Crippen molar-refractivity contribution in [3.63, 3.8) is 0 Å². The van der Waals surface area contributed by atoms with Gasteiger partial charge in [0.2, 0.25) is 0 Å². The van der Waals surface area contributed by atoms with E-state index in [4.69, 9.17) is 0 Å². The number of allylic oxidation sites excluding steroid dienone is 2. The lowest BCUT2D eigenvalue weighted by Gasteiger charge is -2.08. The number of hydrogen-bond acceptors (Lipinski definition) is 1. The molecule has 1 atom stereocenters. The highest BCUT2D eigenvalue weighted by Gasteiger charge is 2.09. The Labute approximate surface area is 75.6 Å². The number of rotatable bonds is 1. The fraction of sp³-hybridized carbons (Fsp3) is 0.727. The Morgan fingerprint density at radius 3 is 2.83 bits per heavy atom. The summed E-state index contributed by atoms with van der Waals surface area (Å²) in [5, 5.41) is 0. The van der Waals surface area contributed by atoms with E-state index in [1.165, 1.54) is 31.4 Å². The van der Waals surface area contributed by atoms with Gasteiger partial charge in [-0.25, -0.2) is 0 Å². The summed E-state index contributed by atoms with van der Waals surface area (Å²) in [7, 11) is 0. The third-order valence-electron chi connectivity index (χ3n) is 2.31. The van der Waals surface area contributed by atoms with Crippen LogP contribution in [0.25, 0.3) is 0 Å². The van der Waals surface area contributed by atoms with Gasteiger partial charge in [-0.3, -0.25) is 4.99 Å². The van der Waals surface area contributed by atoms with E-state index in [0.717, 1.165) is 0 Å². The van der Waals surface area contributed by atoms with Crippen LogP contribution in [-0.2, 0) is 0 Å². The van der Waals surface area contributed by atoms with Gasteiger partial charge >= 0.3 is 0 Å². The minimum Gasteiger partial charge on any atom is -0.291 e. The zero-order valence-corrected chi connectivity index (χ0v) is 8.43. The molecule has 0 heterocycles. The fourth-order valence-electron chi connectivity index (χ4n) is 1.66. The van der Waals surface area contributed by atoms with Crippen LogP contribution < -0.4 is 0 Å². The van der Waals surface area contributed by atoms with Gasteiger partial charge in [0, 0.05) is 5.71 Å². The molecule has 0 spiro atoms. The first kappa shape index (κ1) is 9.50. The van der Waals surface area contributed by atoms with Crippen molar-refractivity contribution in [3.05, 3.63) is 11.6 Å². The van der Waals surface area contributed by atoms with Gasteiger partial charge in [0.25, 0.3) is 0 Å². The first-order valence-corrected chi connectivity index (χ1v) is 4.85. The molecule has 0 bridgehead atoms. The molecule has 0 radical (unpaired) electrons. The average molecular weight is 165 g/mol. The number of hydrogen-bond donors (Lipinski definition) is 0. The van der Waals surface area contributed by atoms with Gasteiger partial charge in [-0.15, -0.1) is 0 Å². The molecule has 1 aliphatic carbocycles. The van der Waals surface area contributed by atoms with E-state index in [1.54, 1.807) is 5.57 Å². The molecule has 0 aromatic heterocycles. The fourth-order valence-corrected chi connectivity index (χ4v) is 1.66. The third kappa shape index (κ3) is 3.21. The van der Waals surface area contributed by atoms with Crippen LogP contribution in [0.1, 0.15) is 46.5 Å². The Kier molecular flexibility index (Phi) is 3.51. The van der Waals surface area contributed by atoms with Gasteiger partial charge in [0.05, 0.1) is 6.04 Å². The Hall–Kier alpha value is -0.590. The molecule has 68 valence electrons. The van der Waals surface area contributed by atoms with E-state index >= 15 is 0 Å². The van der Waals surface area contributed by atoms with Crippen molar-refractivity contribution in [3.8, 4) is 0 Å². The molecule has 0 saturated carbocycles. The van der Waals surface area contributed by atoms with E-state index in [1.807, 2.05) is 0 Å². The van der Waals surface area contributed by atoms with Crippen molar-refractivity contribution in [1.82, 2.24) is 0 Å². The summed E-state index contributed by atoms with van der Waals surface area (Å²) in [4.78, 5) is 4.61. The van der Waals surface area contributed by atoms with Crippen LogP contribution in [0.4, 0.5) is 0 Å². The summed E-state index contributed by atoms with van der Waals surface area (Å²) in [5.74, 6) is 0. The maximum Gasteiger partial charge on any atom is 0.0504 e. The van der Waals surface area contributed by atoms with Gasteiger partial charge < -0.3 is 0 Å². The van der Waals surface area contributed by atoms with Gasteiger partial charge in [0.15, 0.2) is 0 Å². The zero-order chi connectivity index (χ0) is 8.97. The SMILES string of the molecule is CC1=CCCC(N=C(C)C)CC1. The lowest BCUT2D eigenvalue weighted by Crippen LogP contribution is -2.04. The quantitative estimate of drug-likeness (QED) is 0.417. The smallest absolute Gasteiger partial charge is 0.0504 e. The Morgan fingerprint density at radius 2 is 2.17 bits per heavy atom. The summed E-state index contributed by atoms with van der Waals surface area (Å²) >= 11 is 0. The molecule has 0 amide bonds. The highest BCUT2D eigenvalue weighted by Crippen LogP contribution is 2.19. The van der Waals surface area contributed by atoms with E-state index in [-0.39, 0.29) is 0 Å². The van der Waals surface area contributed by atoms with E-state index < -0.39 is 0 Å². The molecule has 0 aromatic rings. The van der Waals surface area contributed by atoms with E-state index in [2.05, 4.69) is 31.8 Å². The molecule has 0 aromatic carbocycles. The maximum atomic E-state index is 4.61. The largest absolute Gasteiger partial charge is 0.291 e. The van der Waals surface area contributed by atoms with E-state index in [0.29, 0.717) is 6.04 Å². The van der Waals surface area contributed by atoms with Crippen LogP contribution >= 0.6 is 0 Å². The third-order valence-corrected chi connectivity index (χ3v) is 2.31. The maximum absolute atomic E-state index is 4.61. The van der Waals surface area contributed by atoms with Crippen molar-refractivity contribution in [2.24, 2.45) is 4.99 Å². The second-order valence-electron chi connectivity index (χ2n) is 3.90. The molecule has 0 fully saturated rings. The van der Waals surface area contributed by atoms with Crippen LogP contribution in [0, 0.1) is 0 Å². The van der Waals surface area contributed by atoms with Gasteiger partial charge in [0.1, 0.15) is 0 Å². The van der Waals surface area contributed by atoms with Crippen molar-refractivity contribution in [2.45, 2.75) is 52.5 Å². The molecule has 1 nitrogen and oxygen atoms in total. The molecule has 1 heteroatoms. The van der Waals surface area contributed by atoms with Crippen LogP contribution in [0.15, 0.2) is 16.6 Å². The molecule has 1 unspecified atom stereocenters. The molecular weight excluding hydrogens is 146 g/mol. The molecule has 12 heavy (non-hydrogen) atoms. The first-order valence-electron chi connectivity index (χ1n) is 4.85. The average Bonchev–Trinajstić information content (AvgIpc) is 2.15. The molecule has 0 aliphatic heterocycles. The lowest BCUT2D eigenvalue weighted by molar-refractivity contribution is 0.592. The molecule has 0 saturated heterocycles. The highest BCUT2D eigenvalue weighted by atomic mass is 14.8. The summed E-state index contributed by atoms with van der Waals surface area (Å²) in [6, 6.07) is 0.587. The minimum atomic E-state index is 0.587. The predicted molar refractivity (Wildman–Crippen MR) is 54.8 cm³/mol. The summed E-state index contributed by atoms with van der Waals surface area (Å²) in [6.45, 7) is 6.40. The summed E-state index contributed by atoms with van der Waals surface area (Å²) in [6.07, 6.45) is 7.30. The van der Waals surface area contributed by atoms with Gasteiger partial charge in [-0.1, -0.05) is 11.6 Å². The molecule has 0 N–H and O–H groups in total. The normalized spacial score (nSPS) is 24.2. The molecule has 1 aliphatic rings. The standard InChI is InChI=1S/C11H19N/c1-9(2)12-11-6-4-5-10(3)7-8-11/h5,11H,4,6-8H2,1-3H3. The van der Waals surface area contributed by atoms with Crippen molar-refractivity contribution < 1.29 is 0 Å². The lowest BCUT2D eigenvalue weighted by atomic mass is 10.1. The second-order valence-corrected chi connectivity index (χ2v) is 3.90. The predicted octanol–water partition coefficient (Wildman–Crippen LogP) is 3.36. The van der Waals surface area contributed by atoms with Crippen molar-refractivity contribution >= 4 is 5.71 Å².